The third-order valence-electron chi connectivity index (χ3n) is 3.39. The van der Waals surface area contributed by atoms with E-state index in [0.717, 1.165) is 6.42 Å². The number of nitrogen functional groups attached to an aromatic ring is 1. The molecule has 0 saturated carbocycles. The van der Waals surface area contributed by atoms with Gasteiger partial charge in [-0.1, -0.05) is 19.1 Å². The fourth-order valence-corrected chi connectivity index (χ4v) is 4.15. The SMILES string of the molecule is CCC1COC(C)CN1S(=O)(=O)c1ccccc1N. The number of hydrogen-bond acceptors (Lipinski definition) is 4. The highest BCUT2D eigenvalue weighted by Crippen LogP contribution is 2.27. The van der Waals surface area contributed by atoms with Crippen molar-refractivity contribution in [2.75, 3.05) is 18.9 Å². The van der Waals surface area contributed by atoms with Crippen LogP contribution in [0, 0.1) is 0 Å². The maximum Gasteiger partial charge on any atom is 0.245 e. The minimum Gasteiger partial charge on any atom is -0.398 e. The first-order valence-electron chi connectivity index (χ1n) is 6.44. The maximum absolute atomic E-state index is 12.7. The molecule has 2 atom stereocenters. The Balaban J connectivity index is 2.40. The molecule has 2 N–H and O–H groups in total. The van der Waals surface area contributed by atoms with Gasteiger partial charge in [-0.2, -0.15) is 4.31 Å². The molecule has 0 spiro atoms. The number of ether oxygens (including phenoxy) is 1. The molecule has 1 aliphatic heterocycles. The van der Waals surface area contributed by atoms with Gasteiger partial charge in [0.25, 0.3) is 0 Å². The molecule has 1 fully saturated rings. The zero-order chi connectivity index (χ0) is 14.0. The van der Waals surface area contributed by atoms with E-state index in [1.54, 1.807) is 24.3 Å². The lowest BCUT2D eigenvalue weighted by atomic mass is 10.2. The number of nitrogens with zero attached hydrogens (tertiary/aromatic N) is 1. The summed E-state index contributed by atoms with van der Waals surface area (Å²) in [5.41, 5.74) is 6.09. The van der Waals surface area contributed by atoms with Crippen molar-refractivity contribution in [2.45, 2.75) is 37.3 Å². The number of sulfonamides is 1. The Morgan fingerprint density at radius 1 is 1.42 bits per heavy atom. The number of para-hydroxylation sites is 1. The molecule has 1 aliphatic rings. The van der Waals surface area contributed by atoms with E-state index in [1.165, 1.54) is 4.31 Å². The second kappa shape index (κ2) is 5.48. The standard InChI is InChI=1S/C13H20N2O3S/c1-3-11-9-18-10(2)8-15(11)19(16,17)13-7-5-4-6-12(13)14/h4-7,10-11H,3,8-9,14H2,1-2H3. The summed E-state index contributed by atoms with van der Waals surface area (Å²) in [5.74, 6) is 0. The molecule has 1 aromatic carbocycles. The lowest BCUT2D eigenvalue weighted by Crippen LogP contribution is -2.51. The largest absolute Gasteiger partial charge is 0.398 e. The average molecular weight is 284 g/mol. The molecule has 0 radical (unpaired) electrons. The second-order valence-electron chi connectivity index (χ2n) is 4.82. The molecule has 0 bridgehead atoms. The molecule has 1 aromatic rings. The Bertz CT molecular complexity index is 545. The first kappa shape index (κ1) is 14.3. The second-order valence-corrected chi connectivity index (χ2v) is 6.68. The summed E-state index contributed by atoms with van der Waals surface area (Å²) in [4.78, 5) is 0.183. The van der Waals surface area contributed by atoms with Crippen LogP contribution in [0.2, 0.25) is 0 Å². The van der Waals surface area contributed by atoms with Crippen LogP contribution in [-0.4, -0.2) is 38.0 Å². The van der Waals surface area contributed by atoms with Crippen LogP contribution in [0.25, 0.3) is 0 Å². The van der Waals surface area contributed by atoms with Gasteiger partial charge >= 0.3 is 0 Å². The van der Waals surface area contributed by atoms with E-state index in [2.05, 4.69) is 0 Å². The molecule has 2 unspecified atom stereocenters. The maximum atomic E-state index is 12.7. The molecule has 19 heavy (non-hydrogen) atoms. The highest BCUT2D eigenvalue weighted by Gasteiger charge is 2.36. The van der Waals surface area contributed by atoms with Gasteiger partial charge in [0, 0.05) is 12.6 Å². The quantitative estimate of drug-likeness (QED) is 0.853. The van der Waals surface area contributed by atoms with Crippen molar-refractivity contribution in [1.29, 1.82) is 0 Å². The number of morpholine rings is 1. The molecule has 0 aromatic heterocycles. The molecule has 5 nitrogen and oxygen atoms in total. The number of rotatable bonds is 3. The van der Waals surface area contributed by atoms with Crippen LogP contribution >= 0.6 is 0 Å². The molecule has 1 saturated heterocycles. The monoisotopic (exact) mass is 284 g/mol. The molecule has 0 aliphatic carbocycles. The first-order chi connectivity index (χ1) is 8.96. The van der Waals surface area contributed by atoms with E-state index in [9.17, 15) is 8.42 Å². The van der Waals surface area contributed by atoms with Gasteiger partial charge in [-0.3, -0.25) is 0 Å². The van der Waals surface area contributed by atoms with E-state index in [-0.39, 0.29) is 22.7 Å². The predicted octanol–water partition coefficient (Wildman–Crippen LogP) is 1.46. The minimum atomic E-state index is -3.56. The van der Waals surface area contributed by atoms with Gasteiger partial charge in [0.15, 0.2) is 0 Å². The van der Waals surface area contributed by atoms with Crippen LogP contribution < -0.4 is 5.73 Å². The van der Waals surface area contributed by atoms with Crippen molar-refractivity contribution in [3.05, 3.63) is 24.3 Å². The third kappa shape index (κ3) is 2.75. The van der Waals surface area contributed by atoms with Crippen molar-refractivity contribution in [2.24, 2.45) is 0 Å². The number of anilines is 1. The van der Waals surface area contributed by atoms with Crippen molar-refractivity contribution >= 4 is 15.7 Å². The summed E-state index contributed by atoms with van der Waals surface area (Å²) >= 11 is 0. The predicted molar refractivity (Wildman–Crippen MR) is 74.2 cm³/mol. The summed E-state index contributed by atoms with van der Waals surface area (Å²) < 4.78 is 32.5. The fraction of sp³-hybridized carbons (Fsp3) is 0.538. The lowest BCUT2D eigenvalue weighted by molar-refractivity contribution is -0.0230. The van der Waals surface area contributed by atoms with Gasteiger partial charge in [0.1, 0.15) is 4.90 Å². The topological polar surface area (TPSA) is 72.6 Å². The van der Waals surface area contributed by atoms with E-state index in [1.807, 2.05) is 13.8 Å². The zero-order valence-corrected chi connectivity index (χ0v) is 12.1. The van der Waals surface area contributed by atoms with Crippen LogP contribution in [-0.2, 0) is 14.8 Å². The number of nitrogens with two attached hydrogens (primary N) is 1. The Morgan fingerprint density at radius 3 is 2.74 bits per heavy atom. The van der Waals surface area contributed by atoms with Gasteiger partial charge in [0.2, 0.25) is 10.0 Å². The number of hydrogen-bond donors (Lipinski definition) is 1. The molecule has 6 heteroatoms. The van der Waals surface area contributed by atoms with E-state index < -0.39 is 10.0 Å². The van der Waals surface area contributed by atoms with Crippen molar-refractivity contribution in [3.63, 3.8) is 0 Å². The molecular formula is C13H20N2O3S. The Morgan fingerprint density at radius 2 is 2.11 bits per heavy atom. The molecule has 0 amide bonds. The summed E-state index contributed by atoms with van der Waals surface area (Å²) in [6.45, 7) is 4.64. The Hall–Kier alpha value is -1.11. The Labute approximate surface area is 114 Å². The smallest absolute Gasteiger partial charge is 0.245 e. The lowest BCUT2D eigenvalue weighted by Gasteiger charge is -2.37. The fourth-order valence-electron chi connectivity index (χ4n) is 2.27. The average Bonchev–Trinajstić information content (AvgIpc) is 2.39. The van der Waals surface area contributed by atoms with Crippen molar-refractivity contribution in [1.82, 2.24) is 4.31 Å². The number of benzene rings is 1. The summed E-state index contributed by atoms with van der Waals surface area (Å²) in [7, 11) is -3.56. The van der Waals surface area contributed by atoms with E-state index in [4.69, 9.17) is 10.5 Å². The summed E-state index contributed by atoms with van der Waals surface area (Å²) in [5, 5.41) is 0. The first-order valence-corrected chi connectivity index (χ1v) is 7.88. The highest BCUT2D eigenvalue weighted by atomic mass is 32.2. The van der Waals surface area contributed by atoms with Crippen LogP contribution in [0.5, 0.6) is 0 Å². The van der Waals surface area contributed by atoms with Crippen LogP contribution in [0.1, 0.15) is 20.3 Å². The molecule has 106 valence electrons. The molecule has 2 rings (SSSR count). The van der Waals surface area contributed by atoms with Gasteiger partial charge in [-0.05, 0) is 25.5 Å². The van der Waals surface area contributed by atoms with Crippen LogP contribution in [0.4, 0.5) is 5.69 Å². The van der Waals surface area contributed by atoms with Gasteiger partial charge in [-0.25, -0.2) is 8.42 Å². The van der Waals surface area contributed by atoms with Crippen molar-refractivity contribution < 1.29 is 13.2 Å². The minimum absolute atomic E-state index is 0.0949. The van der Waals surface area contributed by atoms with Gasteiger partial charge in [0.05, 0.1) is 18.4 Å². The zero-order valence-electron chi connectivity index (χ0n) is 11.2. The van der Waals surface area contributed by atoms with Crippen LogP contribution in [0.3, 0.4) is 0 Å². The third-order valence-corrected chi connectivity index (χ3v) is 5.39. The van der Waals surface area contributed by atoms with Gasteiger partial charge in [-0.15, -0.1) is 0 Å². The normalized spacial score (nSPS) is 25.4. The van der Waals surface area contributed by atoms with Gasteiger partial charge < -0.3 is 10.5 Å². The molecule has 1 heterocycles. The highest BCUT2D eigenvalue weighted by molar-refractivity contribution is 7.89. The summed E-state index contributed by atoms with van der Waals surface area (Å²) in [6, 6.07) is 6.46. The van der Waals surface area contributed by atoms with Crippen molar-refractivity contribution in [3.8, 4) is 0 Å². The van der Waals surface area contributed by atoms with Crippen LogP contribution in [0.15, 0.2) is 29.2 Å². The van der Waals surface area contributed by atoms with E-state index >= 15 is 0 Å². The summed E-state index contributed by atoms with van der Waals surface area (Å²) in [6.07, 6.45) is 0.626. The Kier molecular flexibility index (Phi) is 4.13. The van der Waals surface area contributed by atoms with E-state index in [0.29, 0.717) is 13.2 Å². The molecular weight excluding hydrogens is 264 g/mol.